The molecule has 0 saturated carbocycles. The highest BCUT2D eigenvalue weighted by atomic mass is 16.5. The van der Waals surface area contributed by atoms with E-state index in [0.717, 1.165) is 19.7 Å². The lowest BCUT2D eigenvalue weighted by molar-refractivity contribution is 0.0465. The van der Waals surface area contributed by atoms with Crippen LogP contribution in [0.25, 0.3) is 0 Å². The van der Waals surface area contributed by atoms with E-state index in [2.05, 4.69) is 43.0 Å². The summed E-state index contributed by atoms with van der Waals surface area (Å²) in [6.07, 6.45) is 0.170. The molecule has 17 heavy (non-hydrogen) atoms. The van der Waals surface area contributed by atoms with Crippen molar-refractivity contribution in [3.63, 3.8) is 0 Å². The number of nitrogens with zero attached hydrogens (tertiary/aromatic N) is 1. The molecule has 1 aromatic rings. The lowest BCUT2D eigenvalue weighted by Gasteiger charge is -2.35. The quantitative estimate of drug-likeness (QED) is 0.869. The molecule has 1 unspecified atom stereocenters. The standard InChI is InChI=1S/C14H22N2O/c1-11(2)13-5-3-4-6-14(13)16-7-8-17-12(9-15)10-16/h3-6,11-12H,7-10,15H2,1-2H3. The third-order valence-corrected chi connectivity index (χ3v) is 3.30. The van der Waals surface area contributed by atoms with Crippen LogP contribution in [0.4, 0.5) is 5.69 Å². The SMILES string of the molecule is CC(C)c1ccccc1N1CCOC(CN)C1. The number of hydrogen-bond donors (Lipinski definition) is 1. The highest BCUT2D eigenvalue weighted by Crippen LogP contribution is 2.28. The highest BCUT2D eigenvalue weighted by Gasteiger charge is 2.21. The molecule has 3 nitrogen and oxygen atoms in total. The van der Waals surface area contributed by atoms with Crippen LogP contribution in [0.5, 0.6) is 0 Å². The third kappa shape index (κ3) is 2.79. The number of anilines is 1. The smallest absolute Gasteiger partial charge is 0.0872 e. The average Bonchev–Trinajstić information content (AvgIpc) is 2.39. The van der Waals surface area contributed by atoms with E-state index in [1.807, 2.05) is 0 Å². The van der Waals surface area contributed by atoms with Crippen molar-refractivity contribution in [2.24, 2.45) is 5.73 Å². The Labute approximate surface area is 104 Å². The number of para-hydroxylation sites is 1. The van der Waals surface area contributed by atoms with Gasteiger partial charge in [0, 0.05) is 25.3 Å². The summed E-state index contributed by atoms with van der Waals surface area (Å²) in [7, 11) is 0. The minimum Gasteiger partial charge on any atom is -0.373 e. The predicted octanol–water partition coefficient (Wildman–Crippen LogP) is 1.97. The van der Waals surface area contributed by atoms with Crippen LogP contribution in [-0.2, 0) is 4.74 Å². The van der Waals surface area contributed by atoms with E-state index in [9.17, 15) is 0 Å². The number of ether oxygens (including phenoxy) is 1. The summed E-state index contributed by atoms with van der Waals surface area (Å²) in [6.45, 7) is 7.70. The van der Waals surface area contributed by atoms with Crippen LogP contribution in [0, 0.1) is 0 Å². The number of hydrogen-bond acceptors (Lipinski definition) is 3. The van der Waals surface area contributed by atoms with Gasteiger partial charge in [0.05, 0.1) is 12.7 Å². The highest BCUT2D eigenvalue weighted by molar-refractivity contribution is 5.55. The number of rotatable bonds is 3. The molecule has 1 atom stereocenters. The maximum absolute atomic E-state index is 5.69. The Kier molecular flexibility index (Phi) is 4.02. The summed E-state index contributed by atoms with van der Waals surface area (Å²) in [5.41, 5.74) is 8.43. The Bertz CT molecular complexity index is 365. The molecule has 0 aromatic heterocycles. The second-order valence-corrected chi connectivity index (χ2v) is 4.89. The van der Waals surface area contributed by atoms with Crippen LogP contribution in [0.2, 0.25) is 0 Å². The average molecular weight is 234 g/mol. The summed E-state index contributed by atoms with van der Waals surface area (Å²) in [5.74, 6) is 0.547. The van der Waals surface area contributed by atoms with E-state index in [1.54, 1.807) is 0 Å². The van der Waals surface area contributed by atoms with E-state index in [1.165, 1.54) is 11.3 Å². The first-order valence-corrected chi connectivity index (χ1v) is 6.38. The topological polar surface area (TPSA) is 38.5 Å². The molecule has 0 aliphatic carbocycles. The molecule has 1 heterocycles. The van der Waals surface area contributed by atoms with Gasteiger partial charge in [0.2, 0.25) is 0 Å². The van der Waals surface area contributed by atoms with E-state index in [-0.39, 0.29) is 6.10 Å². The lowest BCUT2D eigenvalue weighted by Crippen LogP contribution is -2.46. The fourth-order valence-electron chi connectivity index (χ4n) is 2.34. The van der Waals surface area contributed by atoms with Gasteiger partial charge in [0.15, 0.2) is 0 Å². The fraction of sp³-hybridized carbons (Fsp3) is 0.571. The van der Waals surface area contributed by atoms with Crippen LogP contribution in [-0.4, -0.2) is 32.3 Å². The number of nitrogens with two attached hydrogens (primary N) is 1. The van der Waals surface area contributed by atoms with Gasteiger partial charge in [-0.1, -0.05) is 32.0 Å². The molecule has 0 amide bonds. The van der Waals surface area contributed by atoms with Crippen LogP contribution in [0.1, 0.15) is 25.3 Å². The van der Waals surface area contributed by atoms with E-state index < -0.39 is 0 Å². The van der Waals surface area contributed by atoms with Gasteiger partial charge >= 0.3 is 0 Å². The van der Waals surface area contributed by atoms with Gasteiger partial charge in [-0.05, 0) is 17.5 Å². The van der Waals surface area contributed by atoms with Gasteiger partial charge in [-0.25, -0.2) is 0 Å². The molecule has 1 fully saturated rings. The van der Waals surface area contributed by atoms with Crippen molar-refractivity contribution in [2.45, 2.75) is 25.9 Å². The Hall–Kier alpha value is -1.06. The van der Waals surface area contributed by atoms with Crippen molar-refractivity contribution in [3.8, 4) is 0 Å². The van der Waals surface area contributed by atoms with E-state index in [4.69, 9.17) is 10.5 Å². The fourth-order valence-corrected chi connectivity index (χ4v) is 2.34. The molecule has 3 heteroatoms. The van der Waals surface area contributed by atoms with Gasteiger partial charge in [-0.15, -0.1) is 0 Å². The summed E-state index contributed by atoms with van der Waals surface area (Å²) >= 11 is 0. The molecule has 0 spiro atoms. The Morgan fingerprint density at radius 3 is 2.88 bits per heavy atom. The number of benzene rings is 1. The summed E-state index contributed by atoms with van der Waals surface area (Å²) in [4.78, 5) is 2.40. The second kappa shape index (κ2) is 5.52. The van der Waals surface area contributed by atoms with Crippen molar-refractivity contribution in [1.29, 1.82) is 0 Å². The van der Waals surface area contributed by atoms with E-state index in [0.29, 0.717) is 12.5 Å². The minimum atomic E-state index is 0.170. The Morgan fingerprint density at radius 2 is 2.18 bits per heavy atom. The normalized spacial score (nSPS) is 20.9. The van der Waals surface area contributed by atoms with Crippen LogP contribution < -0.4 is 10.6 Å². The lowest BCUT2D eigenvalue weighted by atomic mass is 10.00. The molecule has 2 N–H and O–H groups in total. The first-order chi connectivity index (χ1) is 8.22. The minimum absolute atomic E-state index is 0.170. The first kappa shape index (κ1) is 12.4. The van der Waals surface area contributed by atoms with Crippen molar-refractivity contribution < 1.29 is 4.74 Å². The zero-order chi connectivity index (χ0) is 12.3. The molecule has 94 valence electrons. The van der Waals surface area contributed by atoms with Crippen molar-refractivity contribution in [2.75, 3.05) is 31.1 Å². The van der Waals surface area contributed by atoms with Gasteiger partial charge in [0.1, 0.15) is 0 Å². The molecular formula is C14H22N2O. The largest absolute Gasteiger partial charge is 0.373 e. The third-order valence-electron chi connectivity index (χ3n) is 3.30. The molecule has 0 bridgehead atoms. The zero-order valence-corrected chi connectivity index (χ0v) is 10.7. The predicted molar refractivity (Wildman–Crippen MR) is 71.5 cm³/mol. The van der Waals surface area contributed by atoms with Crippen LogP contribution in [0.3, 0.4) is 0 Å². The second-order valence-electron chi connectivity index (χ2n) is 4.89. The molecule has 2 rings (SSSR count). The molecule has 0 radical (unpaired) electrons. The van der Waals surface area contributed by atoms with Gasteiger partial charge in [0.25, 0.3) is 0 Å². The summed E-state index contributed by atoms with van der Waals surface area (Å²) in [5, 5.41) is 0. The van der Waals surface area contributed by atoms with Gasteiger partial charge < -0.3 is 15.4 Å². The van der Waals surface area contributed by atoms with Gasteiger partial charge in [-0.3, -0.25) is 0 Å². The summed E-state index contributed by atoms with van der Waals surface area (Å²) in [6, 6.07) is 8.63. The summed E-state index contributed by atoms with van der Waals surface area (Å²) < 4.78 is 5.61. The molecule has 1 saturated heterocycles. The Balaban J connectivity index is 2.21. The van der Waals surface area contributed by atoms with Gasteiger partial charge in [-0.2, -0.15) is 0 Å². The van der Waals surface area contributed by atoms with Crippen molar-refractivity contribution >= 4 is 5.69 Å². The van der Waals surface area contributed by atoms with Crippen molar-refractivity contribution in [1.82, 2.24) is 0 Å². The zero-order valence-electron chi connectivity index (χ0n) is 10.7. The molecule has 1 aliphatic heterocycles. The molecule has 1 aromatic carbocycles. The first-order valence-electron chi connectivity index (χ1n) is 6.38. The maximum atomic E-state index is 5.69. The molecule has 1 aliphatic rings. The van der Waals surface area contributed by atoms with Crippen LogP contribution >= 0.6 is 0 Å². The number of morpholine rings is 1. The monoisotopic (exact) mass is 234 g/mol. The van der Waals surface area contributed by atoms with Crippen LogP contribution in [0.15, 0.2) is 24.3 Å². The van der Waals surface area contributed by atoms with Crippen molar-refractivity contribution in [3.05, 3.63) is 29.8 Å². The Morgan fingerprint density at radius 1 is 1.41 bits per heavy atom. The molecular weight excluding hydrogens is 212 g/mol. The van der Waals surface area contributed by atoms with E-state index >= 15 is 0 Å². The maximum Gasteiger partial charge on any atom is 0.0872 e.